The molecule has 0 unspecified atom stereocenters. The number of rotatable bonds is 10. The second-order valence-corrected chi connectivity index (χ2v) is 5.04. The van der Waals surface area contributed by atoms with Crippen LogP contribution in [0.25, 0.3) is 0 Å². The van der Waals surface area contributed by atoms with E-state index >= 15 is 0 Å². The van der Waals surface area contributed by atoms with Gasteiger partial charge in [-0.3, -0.25) is 0 Å². The number of carbonyl (C=O) groups is 1. The van der Waals surface area contributed by atoms with Crippen LogP contribution in [-0.2, 0) is 4.74 Å². The predicted molar refractivity (Wildman–Crippen MR) is 93.8 cm³/mol. The number of esters is 1. The third-order valence-electron chi connectivity index (χ3n) is 3.41. The Labute approximate surface area is 145 Å². The first-order chi connectivity index (χ1) is 10.6. The standard InChI is InChI=1S/C17H27NO4.ClH/c1-4-11-21-14-8-9-15(16(19)13-14)17(20)22-12-7-10-18(5-2)6-3;/h8-9,13,19H,4-7,10-12H2,1-3H3;1H. The van der Waals surface area contributed by atoms with E-state index in [0.29, 0.717) is 19.0 Å². The van der Waals surface area contributed by atoms with Crippen LogP contribution in [0.1, 0.15) is 44.0 Å². The Morgan fingerprint density at radius 2 is 1.87 bits per heavy atom. The zero-order valence-corrected chi connectivity index (χ0v) is 15.0. The fourth-order valence-electron chi connectivity index (χ4n) is 2.06. The Bertz CT molecular complexity index is 464. The molecule has 0 fully saturated rings. The topological polar surface area (TPSA) is 59.0 Å². The maximum atomic E-state index is 11.9. The number of benzene rings is 1. The average Bonchev–Trinajstić information content (AvgIpc) is 2.53. The lowest BCUT2D eigenvalue weighted by atomic mass is 10.2. The van der Waals surface area contributed by atoms with Gasteiger partial charge >= 0.3 is 5.97 Å². The summed E-state index contributed by atoms with van der Waals surface area (Å²) >= 11 is 0. The van der Waals surface area contributed by atoms with Crippen LogP contribution in [0.4, 0.5) is 0 Å². The number of hydrogen-bond acceptors (Lipinski definition) is 5. The maximum absolute atomic E-state index is 11.9. The molecule has 132 valence electrons. The molecule has 23 heavy (non-hydrogen) atoms. The van der Waals surface area contributed by atoms with Gasteiger partial charge in [-0.15, -0.1) is 12.4 Å². The van der Waals surface area contributed by atoms with Crippen molar-refractivity contribution in [2.45, 2.75) is 33.6 Å². The number of phenolic OH excluding ortho intramolecular Hbond substituents is 1. The quantitative estimate of drug-likeness (QED) is 0.519. The van der Waals surface area contributed by atoms with Crippen molar-refractivity contribution < 1.29 is 19.4 Å². The minimum Gasteiger partial charge on any atom is -0.507 e. The van der Waals surface area contributed by atoms with Crippen molar-refractivity contribution in [3.8, 4) is 11.5 Å². The van der Waals surface area contributed by atoms with Gasteiger partial charge in [-0.2, -0.15) is 0 Å². The summed E-state index contributed by atoms with van der Waals surface area (Å²) in [5.74, 6) is -0.0566. The molecule has 1 rings (SSSR count). The van der Waals surface area contributed by atoms with E-state index in [9.17, 15) is 9.90 Å². The summed E-state index contributed by atoms with van der Waals surface area (Å²) in [6.07, 6.45) is 1.67. The third-order valence-corrected chi connectivity index (χ3v) is 3.41. The summed E-state index contributed by atoms with van der Waals surface area (Å²) in [5.41, 5.74) is 0.173. The fraction of sp³-hybridized carbons (Fsp3) is 0.588. The van der Waals surface area contributed by atoms with E-state index in [1.54, 1.807) is 6.07 Å². The van der Waals surface area contributed by atoms with Gasteiger partial charge in [0.05, 0.1) is 13.2 Å². The molecule has 0 saturated heterocycles. The maximum Gasteiger partial charge on any atom is 0.341 e. The highest BCUT2D eigenvalue weighted by atomic mass is 35.5. The molecule has 0 spiro atoms. The van der Waals surface area contributed by atoms with Crippen LogP contribution in [0.3, 0.4) is 0 Å². The Morgan fingerprint density at radius 3 is 2.43 bits per heavy atom. The number of ether oxygens (including phenoxy) is 2. The number of hydrogen-bond donors (Lipinski definition) is 1. The molecule has 0 aliphatic heterocycles. The van der Waals surface area contributed by atoms with Gasteiger partial charge in [0.1, 0.15) is 17.1 Å². The van der Waals surface area contributed by atoms with Crippen LogP contribution < -0.4 is 4.74 Å². The van der Waals surface area contributed by atoms with Crippen LogP contribution in [0, 0.1) is 0 Å². The van der Waals surface area contributed by atoms with Crippen molar-refractivity contribution in [3.63, 3.8) is 0 Å². The van der Waals surface area contributed by atoms with E-state index in [4.69, 9.17) is 9.47 Å². The molecule has 0 aliphatic rings. The third kappa shape index (κ3) is 7.57. The van der Waals surface area contributed by atoms with Gasteiger partial charge < -0.3 is 19.5 Å². The molecule has 1 aromatic carbocycles. The molecule has 0 heterocycles. The second kappa shape index (κ2) is 12.0. The van der Waals surface area contributed by atoms with E-state index in [-0.39, 0.29) is 23.7 Å². The zero-order valence-electron chi connectivity index (χ0n) is 14.2. The lowest BCUT2D eigenvalue weighted by molar-refractivity contribution is 0.0486. The predicted octanol–water partition coefficient (Wildman–Crippen LogP) is 3.49. The first-order valence-corrected chi connectivity index (χ1v) is 7.97. The Hall–Kier alpha value is -1.46. The summed E-state index contributed by atoms with van der Waals surface area (Å²) in [7, 11) is 0. The molecule has 0 bridgehead atoms. The Balaban J connectivity index is 0.00000484. The SMILES string of the molecule is CCCOc1ccc(C(=O)OCCCN(CC)CC)c(O)c1.Cl. The van der Waals surface area contributed by atoms with Gasteiger partial charge in [-0.1, -0.05) is 20.8 Å². The summed E-state index contributed by atoms with van der Waals surface area (Å²) in [5, 5.41) is 9.89. The number of phenols is 1. The zero-order chi connectivity index (χ0) is 16.4. The van der Waals surface area contributed by atoms with Crippen molar-refractivity contribution >= 4 is 18.4 Å². The van der Waals surface area contributed by atoms with E-state index in [1.807, 2.05) is 6.92 Å². The minimum atomic E-state index is -0.501. The van der Waals surface area contributed by atoms with Gasteiger partial charge in [-0.05, 0) is 38.1 Å². The first-order valence-electron chi connectivity index (χ1n) is 7.97. The van der Waals surface area contributed by atoms with Crippen molar-refractivity contribution in [1.29, 1.82) is 0 Å². The molecule has 1 N–H and O–H groups in total. The highest BCUT2D eigenvalue weighted by molar-refractivity contribution is 5.92. The first kappa shape index (κ1) is 21.5. The molecule has 6 heteroatoms. The van der Waals surface area contributed by atoms with Crippen LogP contribution in [-0.4, -0.2) is 48.8 Å². The number of nitrogens with zero attached hydrogens (tertiary/aromatic N) is 1. The van der Waals surface area contributed by atoms with Gasteiger partial charge in [0.25, 0.3) is 0 Å². The van der Waals surface area contributed by atoms with Crippen LogP contribution in [0.5, 0.6) is 11.5 Å². The minimum absolute atomic E-state index is 0. The molecule has 0 atom stereocenters. The molecular weight excluding hydrogens is 318 g/mol. The number of halogens is 1. The van der Waals surface area contributed by atoms with Crippen LogP contribution in [0.2, 0.25) is 0 Å². The van der Waals surface area contributed by atoms with Crippen LogP contribution in [0.15, 0.2) is 18.2 Å². The molecule has 0 aromatic heterocycles. The lowest BCUT2D eigenvalue weighted by Crippen LogP contribution is -2.25. The van der Waals surface area contributed by atoms with Gasteiger partial charge in [-0.25, -0.2) is 4.79 Å². The molecule has 0 aliphatic carbocycles. The molecule has 0 saturated carbocycles. The van der Waals surface area contributed by atoms with Gasteiger partial charge in [0.2, 0.25) is 0 Å². The average molecular weight is 346 g/mol. The normalized spacial score (nSPS) is 10.3. The molecular formula is C17H28ClNO4. The van der Waals surface area contributed by atoms with Gasteiger partial charge in [0, 0.05) is 12.6 Å². The largest absolute Gasteiger partial charge is 0.507 e. The lowest BCUT2D eigenvalue weighted by Gasteiger charge is -2.17. The van der Waals surface area contributed by atoms with Crippen molar-refractivity contribution in [2.75, 3.05) is 32.8 Å². The van der Waals surface area contributed by atoms with Crippen molar-refractivity contribution in [3.05, 3.63) is 23.8 Å². The van der Waals surface area contributed by atoms with Crippen LogP contribution >= 0.6 is 12.4 Å². The van der Waals surface area contributed by atoms with Crippen molar-refractivity contribution in [1.82, 2.24) is 4.90 Å². The van der Waals surface area contributed by atoms with Gasteiger partial charge in [0.15, 0.2) is 0 Å². The monoisotopic (exact) mass is 345 g/mol. The van der Waals surface area contributed by atoms with Crippen molar-refractivity contribution in [2.24, 2.45) is 0 Å². The van der Waals surface area contributed by atoms with E-state index in [1.165, 1.54) is 12.1 Å². The molecule has 1 aromatic rings. The smallest absolute Gasteiger partial charge is 0.341 e. The summed E-state index contributed by atoms with van der Waals surface area (Å²) < 4.78 is 10.6. The molecule has 0 amide bonds. The molecule has 0 radical (unpaired) electrons. The summed E-state index contributed by atoms with van der Waals surface area (Å²) in [4.78, 5) is 14.2. The fourth-order valence-corrected chi connectivity index (χ4v) is 2.06. The highest BCUT2D eigenvalue weighted by Crippen LogP contribution is 2.24. The Morgan fingerprint density at radius 1 is 1.17 bits per heavy atom. The second-order valence-electron chi connectivity index (χ2n) is 5.04. The van der Waals surface area contributed by atoms with E-state index in [2.05, 4.69) is 18.7 Å². The Kier molecular flexibility index (Phi) is 11.3. The number of aromatic hydroxyl groups is 1. The highest BCUT2D eigenvalue weighted by Gasteiger charge is 2.13. The number of carbonyl (C=O) groups excluding carboxylic acids is 1. The summed E-state index contributed by atoms with van der Waals surface area (Å²) in [6.45, 7) is 10.0. The molecule has 5 nitrogen and oxygen atoms in total. The van der Waals surface area contributed by atoms with E-state index in [0.717, 1.165) is 32.5 Å². The summed E-state index contributed by atoms with van der Waals surface area (Å²) in [6, 6.07) is 4.65. The van der Waals surface area contributed by atoms with E-state index < -0.39 is 5.97 Å².